The van der Waals surface area contributed by atoms with Crippen LogP contribution in [0.4, 0.5) is 13.9 Å². The number of rotatable bonds is 5. The summed E-state index contributed by atoms with van der Waals surface area (Å²) in [6.45, 7) is 0. The molecule has 0 amide bonds. The first-order chi connectivity index (χ1) is 13.2. The molecule has 0 radical (unpaired) electrons. The van der Waals surface area contributed by atoms with E-state index in [2.05, 4.69) is 10.1 Å². The highest BCUT2D eigenvalue weighted by Gasteiger charge is 2.41. The Bertz CT molecular complexity index is 998. The van der Waals surface area contributed by atoms with Gasteiger partial charge in [0.15, 0.2) is 28.3 Å². The molecule has 2 heterocycles. The van der Waals surface area contributed by atoms with Gasteiger partial charge in [0.25, 0.3) is 0 Å². The minimum Gasteiger partial charge on any atom is -0.535 e. The van der Waals surface area contributed by atoms with E-state index < -0.39 is 65.3 Å². The third-order valence-electron chi connectivity index (χ3n) is 4.18. The van der Waals surface area contributed by atoms with Crippen LogP contribution in [0.1, 0.15) is 28.0 Å². The summed E-state index contributed by atoms with van der Waals surface area (Å²) in [5, 5.41) is 32.8. The number of carboxylic acid groups (broad SMARTS) is 1. The molecule has 1 aliphatic rings. The van der Waals surface area contributed by atoms with Gasteiger partial charge in [0.05, 0.1) is 0 Å². The highest BCUT2D eigenvalue weighted by Crippen LogP contribution is 2.39. The average Bonchev–Trinajstić information content (AvgIpc) is 3.05. The Morgan fingerprint density at radius 2 is 2.18 bits per heavy atom. The number of anilines is 1. The number of Topliss-reactive ketones (excluding diaryl/α,β-unsaturated/α-hetero) is 1. The second-order valence-corrected chi connectivity index (χ2v) is 6.84. The van der Waals surface area contributed by atoms with Crippen molar-refractivity contribution in [2.75, 3.05) is 5.73 Å². The van der Waals surface area contributed by atoms with Gasteiger partial charge in [-0.15, -0.1) is 11.3 Å². The smallest absolute Gasteiger partial charge is 0.526 e. The van der Waals surface area contributed by atoms with E-state index in [9.17, 15) is 23.4 Å². The van der Waals surface area contributed by atoms with E-state index in [0.29, 0.717) is 6.07 Å². The Morgan fingerprint density at radius 3 is 2.75 bits per heavy atom. The maximum absolute atomic E-state index is 14.2. The van der Waals surface area contributed by atoms with E-state index in [-0.39, 0.29) is 17.2 Å². The molecule has 0 spiro atoms. The van der Waals surface area contributed by atoms with Crippen molar-refractivity contribution in [2.45, 2.75) is 18.7 Å². The summed E-state index contributed by atoms with van der Waals surface area (Å²) in [7, 11) is -1.67. The third kappa shape index (κ3) is 3.53. The molecular formula is C15H12BF2N3O6S. The van der Waals surface area contributed by atoms with Crippen molar-refractivity contribution in [3.8, 4) is 5.75 Å². The van der Waals surface area contributed by atoms with Gasteiger partial charge in [0, 0.05) is 23.2 Å². The van der Waals surface area contributed by atoms with Gasteiger partial charge >= 0.3 is 13.1 Å². The number of hydrogen-bond acceptors (Lipinski definition) is 9. The van der Waals surface area contributed by atoms with Crippen LogP contribution in [0.2, 0.25) is 5.82 Å². The lowest BCUT2D eigenvalue weighted by Gasteiger charge is -2.28. The fraction of sp³-hybridized carbons (Fsp3) is 0.200. The van der Waals surface area contributed by atoms with Gasteiger partial charge < -0.3 is 25.7 Å². The Kier molecular flexibility index (Phi) is 5.29. The lowest BCUT2D eigenvalue weighted by molar-refractivity contribution is -0.113. The van der Waals surface area contributed by atoms with Crippen LogP contribution in [0.15, 0.2) is 16.6 Å². The minimum absolute atomic E-state index is 0.0204. The molecule has 3 rings (SSSR count). The molecule has 0 unspecified atom stereocenters. The lowest BCUT2D eigenvalue weighted by atomic mass is 9.64. The second-order valence-electron chi connectivity index (χ2n) is 5.95. The van der Waals surface area contributed by atoms with Crippen molar-refractivity contribution in [3.05, 3.63) is 39.9 Å². The molecule has 1 aliphatic heterocycles. The Labute approximate surface area is 160 Å². The number of nitrogens with two attached hydrogens (primary N) is 1. The number of benzene rings is 1. The standard InChI is InChI=1S/C15H12BF2N3O6S/c17-8-3-7(14(23)24)13-6(11(8)18)1-5(16(25)27-13)2-10(22)12(21-26)9-4-28-15(19)20-9/h3-5,25-26H,1-2H2,(H2,19,20)(H,23,24)/b21-12-/t5-/m1/s1. The number of carboxylic acids is 1. The van der Waals surface area contributed by atoms with Crippen LogP contribution < -0.4 is 10.4 Å². The number of fused-ring (bicyclic) bond motifs is 1. The summed E-state index contributed by atoms with van der Waals surface area (Å²) in [5.41, 5.74) is 4.03. The second kappa shape index (κ2) is 7.52. The largest absolute Gasteiger partial charge is 0.535 e. The molecule has 0 fully saturated rings. The van der Waals surface area contributed by atoms with Crippen molar-refractivity contribution in [1.29, 1.82) is 0 Å². The van der Waals surface area contributed by atoms with Crippen molar-refractivity contribution in [2.24, 2.45) is 5.16 Å². The normalized spacial score (nSPS) is 16.5. The Hall–Kier alpha value is -3.06. The first-order valence-electron chi connectivity index (χ1n) is 7.78. The van der Waals surface area contributed by atoms with Gasteiger partial charge in [-0.3, -0.25) is 4.79 Å². The summed E-state index contributed by atoms with van der Waals surface area (Å²) in [6.07, 6.45) is -0.834. The molecule has 1 atom stereocenters. The molecular weight excluding hydrogens is 399 g/mol. The Morgan fingerprint density at radius 1 is 1.46 bits per heavy atom. The SMILES string of the molecule is Nc1nc(/C(=N/O)C(=O)C[C@H]2Cc3c(F)c(F)cc(C(=O)O)c3OB2O)cs1. The zero-order chi connectivity index (χ0) is 20.6. The van der Waals surface area contributed by atoms with Gasteiger partial charge in [-0.25, -0.2) is 18.6 Å². The van der Waals surface area contributed by atoms with Crippen LogP contribution in [-0.2, 0) is 11.2 Å². The average molecular weight is 411 g/mol. The topological polar surface area (TPSA) is 155 Å². The predicted molar refractivity (Wildman–Crippen MR) is 93.8 cm³/mol. The number of aromatic carboxylic acids is 1. The fourth-order valence-corrected chi connectivity index (χ4v) is 3.42. The maximum Gasteiger partial charge on any atom is 0.526 e. The molecule has 0 saturated heterocycles. The van der Waals surface area contributed by atoms with Crippen molar-refractivity contribution in [3.63, 3.8) is 0 Å². The van der Waals surface area contributed by atoms with E-state index in [0.717, 1.165) is 11.3 Å². The molecule has 9 nitrogen and oxygen atoms in total. The number of carbonyl (C=O) groups excluding carboxylic acids is 1. The molecule has 2 aromatic rings. The van der Waals surface area contributed by atoms with E-state index in [1.54, 1.807) is 0 Å². The third-order valence-corrected chi connectivity index (χ3v) is 4.85. The number of nitrogen functional groups attached to an aromatic ring is 1. The maximum atomic E-state index is 14.2. The van der Waals surface area contributed by atoms with Crippen LogP contribution in [0.3, 0.4) is 0 Å². The molecule has 28 heavy (non-hydrogen) atoms. The van der Waals surface area contributed by atoms with Crippen molar-refractivity contribution in [1.82, 2.24) is 4.98 Å². The van der Waals surface area contributed by atoms with Crippen molar-refractivity contribution >= 4 is 41.1 Å². The molecule has 1 aromatic carbocycles. The predicted octanol–water partition coefficient (Wildman–Crippen LogP) is 1.32. The number of halogens is 2. The zero-order valence-corrected chi connectivity index (χ0v) is 14.7. The Balaban J connectivity index is 1.88. The van der Waals surface area contributed by atoms with Gasteiger partial charge in [0.2, 0.25) is 0 Å². The number of carbonyl (C=O) groups is 2. The minimum atomic E-state index is -1.67. The van der Waals surface area contributed by atoms with Gasteiger partial charge in [-0.05, 0) is 12.5 Å². The van der Waals surface area contributed by atoms with E-state index in [1.807, 2.05) is 0 Å². The summed E-state index contributed by atoms with van der Waals surface area (Å²) in [4.78, 5) is 27.5. The first-order valence-corrected chi connectivity index (χ1v) is 8.66. The van der Waals surface area contributed by atoms with Crippen LogP contribution in [0.25, 0.3) is 0 Å². The number of aromatic nitrogens is 1. The quantitative estimate of drug-likeness (QED) is 0.249. The van der Waals surface area contributed by atoms with Crippen LogP contribution >= 0.6 is 11.3 Å². The molecule has 5 N–H and O–H groups in total. The highest BCUT2D eigenvalue weighted by molar-refractivity contribution is 7.13. The highest BCUT2D eigenvalue weighted by atomic mass is 32.1. The van der Waals surface area contributed by atoms with Crippen molar-refractivity contribution < 1.29 is 38.4 Å². The first kappa shape index (κ1) is 19.7. The van der Waals surface area contributed by atoms with Crippen LogP contribution in [-0.4, -0.2) is 44.9 Å². The molecule has 13 heteroatoms. The lowest BCUT2D eigenvalue weighted by Crippen LogP contribution is -2.37. The summed E-state index contributed by atoms with van der Waals surface area (Å²) in [5.74, 6) is -6.58. The number of ketones is 1. The molecule has 1 aromatic heterocycles. The monoisotopic (exact) mass is 411 g/mol. The number of oxime groups is 1. The fourth-order valence-electron chi connectivity index (χ4n) is 2.87. The summed E-state index contributed by atoms with van der Waals surface area (Å²) < 4.78 is 33.0. The van der Waals surface area contributed by atoms with E-state index in [4.69, 9.17) is 20.7 Å². The summed E-state index contributed by atoms with van der Waals surface area (Å²) in [6, 6.07) is 0.456. The van der Waals surface area contributed by atoms with Crippen LogP contribution in [0.5, 0.6) is 5.75 Å². The molecule has 0 bridgehead atoms. The molecule has 146 valence electrons. The van der Waals surface area contributed by atoms with Gasteiger partial charge in [0.1, 0.15) is 17.0 Å². The zero-order valence-electron chi connectivity index (χ0n) is 13.9. The number of hydrogen-bond donors (Lipinski definition) is 4. The number of nitrogens with zero attached hydrogens (tertiary/aromatic N) is 2. The van der Waals surface area contributed by atoms with E-state index in [1.165, 1.54) is 5.38 Å². The van der Waals surface area contributed by atoms with Gasteiger partial charge in [-0.1, -0.05) is 5.16 Å². The number of thiazole rings is 1. The summed E-state index contributed by atoms with van der Waals surface area (Å²) >= 11 is 1.01. The van der Waals surface area contributed by atoms with Gasteiger partial charge in [-0.2, -0.15) is 0 Å². The van der Waals surface area contributed by atoms with E-state index >= 15 is 0 Å². The molecule has 0 saturated carbocycles. The molecule has 0 aliphatic carbocycles. The van der Waals surface area contributed by atoms with Crippen LogP contribution in [0, 0.1) is 11.6 Å².